The van der Waals surface area contributed by atoms with E-state index in [1.807, 2.05) is 36.4 Å². The Balaban J connectivity index is 1.56. The highest BCUT2D eigenvalue weighted by molar-refractivity contribution is 6.05. The molecule has 1 aliphatic rings. The molecule has 0 saturated carbocycles. The Labute approximate surface area is 147 Å². The van der Waals surface area contributed by atoms with Crippen molar-refractivity contribution in [3.05, 3.63) is 59.7 Å². The third-order valence-corrected chi connectivity index (χ3v) is 4.15. The van der Waals surface area contributed by atoms with Crippen molar-refractivity contribution in [2.45, 2.75) is 32.2 Å². The van der Waals surface area contributed by atoms with Gasteiger partial charge in [0.25, 0.3) is 5.91 Å². The number of ether oxygens (including phenoxy) is 3. The Hall–Kier alpha value is -2.37. The van der Waals surface area contributed by atoms with E-state index in [2.05, 4.69) is 5.32 Å². The van der Waals surface area contributed by atoms with Crippen LogP contribution in [-0.2, 0) is 16.1 Å². The lowest BCUT2D eigenvalue weighted by atomic mass is 10.1. The number of rotatable bonds is 6. The van der Waals surface area contributed by atoms with Crippen LogP contribution in [0.15, 0.2) is 48.5 Å². The maximum absolute atomic E-state index is 12.4. The normalized spacial score (nSPS) is 17.1. The third-order valence-electron chi connectivity index (χ3n) is 4.15. The molecule has 2 aromatic rings. The molecule has 1 N–H and O–H groups in total. The second-order valence-electron chi connectivity index (χ2n) is 5.96. The van der Waals surface area contributed by atoms with Crippen LogP contribution in [0.4, 0.5) is 5.69 Å². The van der Waals surface area contributed by atoms with Gasteiger partial charge in [-0.15, -0.1) is 0 Å². The van der Waals surface area contributed by atoms with Crippen molar-refractivity contribution < 1.29 is 19.0 Å². The van der Waals surface area contributed by atoms with Crippen LogP contribution in [0.3, 0.4) is 0 Å². The smallest absolute Gasteiger partial charge is 0.255 e. The van der Waals surface area contributed by atoms with Gasteiger partial charge in [-0.25, -0.2) is 0 Å². The highest BCUT2D eigenvalue weighted by Gasteiger charge is 2.14. The molecule has 3 rings (SSSR count). The first kappa shape index (κ1) is 17.5. The number of carbonyl (C=O) groups is 1. The van der Waals surface area contributed by atoms with Crippen LogP contribution in [0.1, 0.15) is 35.2 Å². The van der Waals surface area contributed by atoms with E-state index in [4.69, 9.17) is 14.2 Å². The summed E-state index contributed by atoms with van der Waals surface area (Å²) in [6.45, 7) is 1.26. The number of carbonyl (C=O) groups excluding carboxylic acids is 1. The zero-order chi connectivity index (χ0) is 17.5. The summed E-state index contributed by atoms with van der Waals surface area (Å²) in [5.41, 5.74) is 2.25. The zero-order valence-corrected chi connectivity index (χ0v) is 14.4. The number of methoxy groups -OCH3 is 1. The van der Waals surface area contributed by atoms with Gasteiger partial charge in [0.05, 0.1) is 19.4 Å². The summed E-state index contributed by atoms with van der Waals surface area (Å²) in [7, 11) is 1.58. The van der Waals surface area contributed by atoms with Crippen molar-refractivity contribution in [1.29, 1.82) is 0 Å². The lowest BCUT2D eigenvalue weighted by Gasteiger charge is -2.22. The van der Waals surface area contributed by atoms with E-state index in [-0.39, 0.29) is 12.2 Å². The molecule has 5 nitrogen and oxygen atoms in total. The molecule has 25 heavy (non-hydrogen) atoms. The van der Waals surface area contributed by atoms with Crippen molar-refractivity contribution in [2.24, 2.45) is 0 Å². The van der Waals surface area contributed by atoms with Crippen LogP contribution >= 0.6 is 0 Å². The molecule has 1 aliphatic heterocycles. The maximum Gasteiger partial charge on any atom is 0.255 e. The van der Waals surface area contributed by atoms with Crippen LogP contribution in [0, 0.1) is 0 Å². The predicted octanol–water partition coefficient (Wildman–Crippen LogP) is 3.99. The zero-order valence-electron chi connectivity index (χ0n) is 14.4. The van der Waals surface area contributed by atoms with Crippen LogP contribution in [0.25, 0.3) is 0 Å². The lowest BCUT2D eigenvalue weighted by molar-refractivity contribution is -0.168. The van der Waals surface area contributed by atoms with Crippen LogP contribution in [0.2, 0.25) is 0 Å². The standard InChI is InChI=1S/C20H23NO4/c1-23-18-7-3-2-6-17(18)21-20(22)16-11-9-15(10-12-16)14-25-19-8-4-5-13-24-19/h2-3,6-7,9-12,19H,4-5,8,13-14H2,1H3,(H,21,22). The molecular formula is C20H23NO4. The predicted molar refractivity (Wildman–Crippen MR) is 95.8 cm³/mol. The highest BCUT2D eigenvalue weighted by Crippen LogP contribution is 2.23. The average molecular weight is 341 g/mol. The summed E-state index contributed by atoms with van der Waals surface area (Å²) < 4.78 is 16.6. The maximum atomic E-state index is 12.4. The molecule has 1 amide bonds. The van der Waals surface area contributed by atoms with Gasteiger partial charge in [0, 0.05) is 12.2 Å². The SMILES string of the molecule is COc1ccccc1NC(=O)c1ccc(COC2CCCCO2)cc1. The minimum absolute atomic E-state index is 0.109. The molecule has 5 heteroatoms. The Morgan fingerprint density at radius 1 is 1.16 bits per heavy atom. The molecule has 0 spiro atoms. The van der Waals surface area contributed by atoms with Gasteiger partial charge in [-0.05, 0) is 49.1 Å². The Morgan fingerprint density at radius 2 is 1.96 bits per heavy atom. The molecule has 1 fully saturated rings. The summed E-state index contributed by atoms with van der Waals surface area (Å²) in [4.78, 5) is 12.4. The minimum atomic E-state index is -0.174. The number of para-hydroxylation sites is 2. The average Bonchev–Trinajstić information content (AvgIpc) is 2.68. The highest BCUT2D eigenvalue weighted by atomic mass is 16.7. The van der Waals surface area contributed by atoms with E-state index in [1.54, 1.807) is 19.2 Å². The number of anilines is 1. The van der Waals surface area contributed by atoms with Crippen LogP contribution < -0.4 is 10.1 Å². The molecule has 1 saturated heterocycles. The van der Waals surface area contributed by atoms with Crippen molar-refractivity contribution in [1.82, 2.24) is 0 Å². The topological polar surface area (TPSA) is 56.8 Å². The van der Waals surface area contributed by atoms with Gasteiger partial charge in [-0.2, -0.15) is 0 Å². The number of benzene rings is 2. The van der Waals surface area contributed by atoms with Gasteiger partial charge in [0.1, 0.15) is 5.75 Å². The summed E-state index contributed by atoms with van der Waals surface area (Å²) in [6.07, 6.45) is 3.09. The summed E-state index contributed by atoms with van der Waals surface area (Å²) >= 11 is 0. The molecule has 0 aromatic heterocycles. The van der Waals surface area contributed by atoms with Crippen molar-refractivity contribution >= 4 is 11.6 Å². The first-order chi connectivity index (χ1) is 12.3. The second kappa shape index (κ2) is 8.65. The van der Waals surface area contributed by atoms with Crippen molar-refractivity contribution in [2.75, 3.05) is 19.0 Å². The number of hydrogen-bond acceptors (Lipinski definition) is 4. The molecule has 1 unspecified atom stereocenters. The molecule has 132 valence electrons. The van der Waals surface area contributed by atoms with E-state index in [0.717, 1.165) is 31.4 Å². The Bertz CT molecular complexity index is 693. The van der Waals surface area contributed by atoms with Crippen LogP contribution in [-0.4, -0.2) is 25.9 Å². The first-order valence-electron chi connectivity index (χ1n) is 8.53. The fourth-order valence-electron chi connectivity index (χ4n) is 2.73. The van der Waals surface area contributed by atoms with Gasteiger partial charge in [0.15, 0.2) is 6.29 Å². The van der Waals surface area contributed by atoms with E-state index < -0.39 is 0 Å². The molecule has 0 aliphatic carbocycles. The molecule has 1 heterocycles. The van der Waals surface area contributed by atoms with E-state index in [1.165, 1.54) is 0 Å². The van der Waals surface area contributed by atoms with E-state index in [0.29, 0.717) is 23.6 Å². The fraction of sp³-hybridized carbons (Fsp3) is 0.350. The number of hydrogen-bond donors (Lipinski definition) is 1. The van der Waals surface area contributed by atoms with Gasteiger partial charge in [-0.3, -0.25) is 4.79 Å². The fourth-order valence-corrected chi connectivity index (χ4v) is 2.73. The number of amides is 1. The van der Waals surface area contributed by atoms with Gasteiger partial charge in [-0.1, -0.05) is 24.3 Å². The second-order valence-corrected chi connectivity index (χ2v) is 5.96. The molecular weight excluding hydrogens is 318 g/mol. The van der Waals surface area contributed by atoms with Gasteiger partial charge >= 0.3 is 0 Å². The van der Waals surface area contributed by atoms with Gasteiger partial charge in [0.2, 0.25) is 0 Å². The summed E-state index contributed by atoms with van der Waals surface area (Å²) in [6, 6.07) is 14.7. The van der Waals surface area contributed by atoms with Crippen molar-refractivity contribution in [3.8, 4) is 5.75 Å². The Kier molecular flexibility index (Phi) is 6.04. The van der Waals surface area contributed by atoms with Crippen LogP contribution in [0.5, 0.6) is 5.75 Å². The first-order valence-corrected chi connectivity index (χ1v) is 8.53. The van der Waals surface area contributed by atoms with E-state index >= 15 is 0 Å². The Morgan fingerprint density at radius 3 is 2.68 bits per heavy atom. The largest absolute Gasteiger partial charge is 0.495 e. The molecule has 2 aromatic carbocycles. The van der Waals surface area contributed by atoms with Crippen molar-refractivity contribution in [3.63, 3.8) is 0 Å². The number of nitrogens with one attached hydrogen (secondary N) is 1. The monoisotopic (exact) mass is 341 g/mol. The summed E-state index contributed by atoms with van der Waals surface area (Å²) in [5, 5.41) is 2.87. The summed E-state index contributed by atoms with van der Waals surface area (Å²) in [5.74, 6) is 0.459. The third kappa shape index (κ3) is 4.81. The molecule has 0 bridgehead atoms. The molecule has 0 radical (unpaired) electrons. The minimum Gasteiger partial charge on any atom is -0.495 e. The quantitative estimate of drug-likeness (QED) is 0.863. The van der Waals surface area contributed by atoms with Gasteiger partial charge < -0.3 is 19.5 Å². The van der Waals surface area contributed by atoms with E-state index in [9.17, 15) is 4.79 Å². The molecule has 1 atom stereocenters. The lowest BCUT2D eigenvalue weighted by Crippen LogP contribution is -2.22.